The predicted octanol–water partition coefficient (Wildman–Crippen LogP) is 2.45. The number of sulfonamides is 1. The molecule has 1 N–H and O–H groups in total. The van der Waals surface area contributed by atoms with Gasteiger partial charge in [0.25, 0.3) is 0 Å². The topological polar surface area (TPSA) is 88.2 Å². The molecule has 1 aromatic rings. The molecule has 2 saturated heterocycles. The smallest absolute Gasteiger partial charge is 0.243 e. The summed E-state index contributed by atoms with van der Waals surface area (Å²) in [5, 5.41) is 2.93. The fourth-order valence-electron chi connectivity index (χ4n) is 3.82. The van der Waals surface area contributed by atoms with Crippen LogP contribution in [0.3, 0.4) is 0 Å². The Labute approximate surface area is 179 Å². The molecule has 2 aliphatic heterocycles. The molecule has 2 fully saturated rings. The lowest BCUT2D eigenvalue weighted by Crippen LogP contribution is -2.40. The fraction of sp³-hybridized carbons (Fsp3) is 0.667. The normalized spacial score (nSPS) is 18.8. The van der Waals surface area contributed by atoms with E-state index < -0.39 is 10.0 Å². The third kappa shape index (κ3) is 5.94. The zero-order valence-corrected chi connectivity index (χ0v) is 18.6. The summed E-state index contributed by atoms with van der Waals surface area (Å²) < 4.78 is 38.2. The first-order chi connectivity index (χ1) is 14.5. The molecule has 9 heteroatoms. The van der Waals surface area contributed by atoms with Crippen molar-refractivity contribution in [3.63, 3.8) is 0 Å². The van der Waals surface area contributed by atoms with Crippen molar-refractivity contribution in [1.29, 1.82) is 0 Å². The Balaban J connectivity index is 1.87. The summed E-state index contributed by atoms with van der Waals surface area (Å²) in [6.07, 6.45) is 4.79. The highest BCUT2D eigenvalue weighted by molar-refractivity contribution is 7.89. The first-order valence-electron chi connectivity index (χ1n) is 10.9. The molecule has 168 valence electrons. The van der Waals surface area contributed by atoms with E-state index >= 15 is 0 Å². The summed E-state index contributed by atoms with van der Waals surface area (Å²) in [5.74, 6) is -0.180. The largest absolute Gasteiger partial charge is 0.381 e. The van der Waals surface area contributed by atoms with E-state index in [1.165, 1.54) is 17.1 Å². The van der Waals surface area contributed by atoms with Gasteiger partial charge >= 0.3 is 0 Å². The molecule has 0 atom stereocenters. The number of nitrogens with zero attached hydrogens (tertiary/aromatic N) is 2. The average Bonchev–Trinajstić information content (AvgIpc) is 3.04. The van der Waals surface area contributed by atoms with E-state index in [4.69, 9.17) is 9.47 Å². The fourth-order valence-corrected chi connectivity index (χ4v) is 5.26. The molecule has 30 heavy (non-hydrogen) atoms. The van der Waals surface area contributed by atoms with Crippen molar-refractivity contribution in [2.75, 3.05) is 62.8 Å². The number of hydrogen-bond acceptors (Lipinski definition) is 6. The molecule has 1 amide bonds. The third-order valence-corrected chi connectivity index (χ3v) is 7.37. The first-order valence-corrected chi connectivity index (χ1v) is 12.3. The van der Waals surface area contributed by atoms with Crippen LogP contribution in [0.5, 0.6) is 0 Å². The van der Waals surface area contributed by atoms with Gasteiger partial charge in [-0.25, -0.2) is 8.42 Å². The van der Waals surface area contributed by atoms with Gasteiger partial charge in [0.1, 0.15) is 0 Å². The number of hydrogen-bond donors (Lipinski definition) is 1. The highest BCUT2D eigenvalue weighted by atomic mass is 32.2. The molecule has 0 spiro atoms. The Bertz CT molecular complexity index is 801. The summed E-state index contributed by atoms with van der Waals surface area (Å²) >= 11 is 0. The number of benzene rings is 1. The van der Waals surface area contributed by atoms with E-state index in [9.17, 15) is 13.2 Å². The van der Waals surface area contributed by atoms with Crippen molar-refractivity contribution in [2.24, 2.45) is 0 Å². The Kier molecular flexibility index (Phi) is 8.50. The van der Waals surface area contributed by atoms with Gasteiger partial charge in [-0.1, -0.05) is 12.8 Å². The van der Waals surface area contributed by atoms with Crippen LogP contribution in [-0.2, 0) is 24.3 Å². The Hall–Kier alpha value is -1.68. The van der Waals surface area contributed by atoms with Crippen molar-refractivity contribution in [1.82, 2.24) is 4.31 Å². The number of ether oxygens (including phenoxy) is 2. The van der Waals surface area contributed by atoms with Gasteiger partial charge in [0.15, 0.2) is 0 Å². The number of carbonyl (C=O) groups is 1. The van der Waals surface area contributed by atoms with Gasteiger partial charge in [-0.15, -0.1) is 0 Å². The van der Waals surface area contributed by atoms with E-state index in [0.717, 1.165) is 31.6 Å². The van der Waals surface area contributed by atoms with Crippen molar-refractivity contribution in [3.8, 4) is 0 Å². The predicted molar refractivity (Wildman–Crippen MR) is 116 cm³/mol. The lowest BCUT2D eigenvalue weighted by molar-refractivity contribution is -0.117. The maximum Gasteiger partial charge on any atom is 0.243 e. The minimum absolute atomic E-state index is 0.180. The van der Waals surface area contributed by atoms with Crippen LogP contribution >= 0.6 is 0 Å². The zero-order chi connectivity index (χ0) is 21.4. The maximum absolute atomic E-state index is 13.1. The molecule has 1 aromatic carbocycles. The number of amides is 1. The molecule has 0 radical (unpaired) electrons. The van der Waals surface area contributed by atoms with Crippen molar-refractivity contribution >= 4 is 27.3 Å². The Morgan fingerprint density at radius 3 is 2.47 bits per heavy atom. The van der Waals surface area contributed by atoms with E-state index in [0.29, 0.717) is 45.2 Å². The molecular formula is C21H33N3O5S. The van der Waals surface area contributed by atoms with Crippen LogP contribution in [0.4, 0.5) is 11.4 Å². The number of carbonyl (C=O) groups excluding carboxylic acids is 1. The molecule has 2 aliphatic rings. The molecule has 8 nitrogen and oxygen atoms in total. The van der Waals surface area contributed by atoms with Gasteiger partial charge in [-0.2, -0.15) is 4.31 Å². The summed E-state index contributed by atoms with van der Waals surface area (Å²) in [7, 11) is -3.64. The molecule has 0 unspecified atom stereocenters. The molecule has 0 aromatic heterocycles. The van der Waals surface area contributed by atoms with Gasteiger partial charge in [-0.05, 0) is 38.0 Å². The van der Waals surface area contributed by atoms with E-state index in [1.807, 2.05) is 13.0 Å². The average molecular weight is 440 g/mol. The van der Waals surface area contributed by atoms with Gasteiger partial charge in [0, 0.05) is 32.8 Å². The van der Waals surface area contributed by atoms with E-state index in [2.05, 4.69) is 10.2 Å². The Morgan fingerprint density at radius 2 is 1.80 bits per heavy atom. The number of nitrogens with one attached hydrogen (secondary N) is 1. The van der Waals surface area contributed by atoms with Gasteiger partial charge < -0.3 is 19.7 Å². The number of anilines is 2. The number of morpholine rings is 1. The molecule has 0 bridgehead atoms. The third-order valence-electron chi connectivity index (χ3n) is 5.47. The van der Waals surface area contributed by atoms with Crippen LogP contribution in [0, 0.1) is 0 Å². The second-order valence-electron chi connectivity index (χ2n) is 7.59. The highest BCUT2D eigenvalue weighted by Gasteiger charge is 2.28. The highest BCUT2D eigenvalue weighted by Crippen LogP contribution is 2.32. The standard InChI is InChI=1S/C21H33N3O5S/c1-2-28-14-9-21(25)22-19-17-18(30(26,27)24-12-15-29-16-13-24)7-8-20(19)23-10-5-3-4-6-11-23/h7-8,17H,2-6,9-16H2,1H3,(H,22,25). The molecule has 0 saturated carbocycles. The van der Waals surface area contributed by atoms with Crippen LogP contribution in [0.15, 0.2) is 23.1 Å². The van der Waals surface area contributed by atoms with Crippen molar-refractivity contribution < 1.29 is 22.7 Å². The lowest BCUT2D eigenvalue weighted by atomic mass is 10.2. The summed E-state index contributed by atoms with van der Waals surface area (Å²) in [4.78, 5) is 14.9. The molecule has 2 heterocycles. The number of rotatable bonds is 8. The van der Waals surface area contributed by atoms with Gasteiger partial charge in [-0.3, -0.25) is 4.79 Å². The van der Waals surface area contributed by atoms with Crippen LogP contribution in [-0.4, -0.2) is 71.2 Å². The summed E-state index contributed by atoms with van der Waals surface area (Å²) in [5.41, 5.74) is 1.43. The van der Waals surface area contributed by atoms with Crippen LogP contribution < -0.4 is 10.2 Å². The first kappa shape index (κ1) is 23.0. The molecule has 3 rings (SSSR count). The quantitative estimate of drug-likeness (QED) is 0.626. The van der Waals surface area contributed by atoms with Crippen LogP contribution in [0.1, 0.15) is 39.0 Å². The van der Waals surface area contributed by atoms with Crippen molar-refractivity contribution in [2.45, 2.75) is 43.9 Å². The van der Waals surface area contributed by atoms with Gasteiger partial charge in [0.05, 0.1) is 42.5 Å². The SMILES string of the molecule is CCOCCC(=O)Nc1cc(S(=O)(=O)N2CCOCC2)ccc1N1CCCCCC1. The summed E-state index contributed by atoms with van der Waals surface area (Å²) in [6.45, 7) is 6.05. The Morgan fingerprint density at radius 1 is 1.10 bits per heavy atom. The monoisotopic (exact) mass is 439 g/mol. The van der Waals surface area contributed by atoms with Gasteiger partial charge in [0.2, 0.25) is 15.9 Å². The molecule has 0 aliphatic carbocycles. The van der Waals surface area contributed by atoms with Crippen LogP contribution in [0.25, 0.3) is 0 Å². The second kappa shape index (κ2) is 11.1. The van der Waals surface area contributed by atoms with E-state index in [-0.39, 0.29) is 17.2 Å². The van der Waals surface area contributed by atoms with E-state index in [1.54, 1.807) is 12.1 Å². The van der Waals surface area contributed by atoms with Crippen molar-refractivity contribution in [3.05, 3.63) is 18.2 Å². The minimum atomic E-state index is -3.64. The van der Waals surface area contributed by atoms with Crippen LogP contribution in [0.2, 0.25) is 0 Å². The second-order valence-corrected chi connectivity index (χ2v) is 9.53. The summed E-state index contributed by atoms with van der Waals surface area (Å²) in [6, 6.07) is 5.08. The lowest BCUT2D eigenvalue weighted by Gasteiger charge is -2.28. The minimum Gasteiger partial charge on any atom is -0.381 e. The maximum atomic E-state index is 13.1. The zero-order valence-electron chi connectivity index (χ0n) is 17.8. The molecular weight excluding hydrogens is 406 g/mol.